The van der Waals surface area contributed by atoms with Gasteiger partial charge in [0, 0.05) is 18.2 Å². The number of hydrogen-bond donors (Lipinski definition) is 1. The number of amides is 1. The highest BCUT2D eigenvalue weighted by molar-refractivity contribution is 5.94. The predicted octanol–water partition coefficient (Wildman–Crippen LogP) is 2.52. The summed E-state index contributed by atoms with van der Waals surface area (Å²) in [5.41, 5.74) is -0.610. The number of nitrogens with zero attached hydrogens (tertiary/aromatic N) is 1. The van der Waals surface area contributed by atoms with Gasteiger partial charge >= 0.3 is 5.69 Å². The highest BCUT2D eigenvalue weighted by Crippen LogP contribution is 2.18. The lowest BCUT2D eigenvalue weighted by Gasteiger charge is -2.22. The van der Waals surface area contributed by atoms with Gasteiger partial charge in [0.2, 0.25) is 5.82 Å². The van der Waals surface area contributed by atoms with E-state index in [0.717, 1.165) is 12.1 Å². The monoisotopic (exact) mass is 298 g/mol. The lowest BCUT2D eigenvalue weighted by atomic mass is 10.0. The molecule has 0 aliphatic rings. The molecule has 0 heterocycles. The first-order chi connectivity index (χ1) is 9.86. The van der Waals surface area contributed by atoms with Gasteiger partial charge in [0.05, 0.1) is 17.6 Å². The Balaban J connectivity index is 2.83. The van der Waals surface area contributed by atoms with E-state index in [2.05, 4.69) is 5.32 Å². The first kappa shape index (κ1) is 17.0. The van der Waals surface area contributed by atoms with E-state index >= 15 is 0 Å². The summed E-state index contributed by atoms with van der Waals surface area (Å²) in [6.45, 7) is 6.60. The van der Waals surface area contributed by atoms with Gasteiger partial charge in [0.25, 0.3) is 5.91 Å². The maximum atomic E-state index is 13.5. The van der Waals surface area contributed by atoms with Crippen molar-refractivity contribution >= 4 is 11.6 Å². The molecule has 1 amide bonds. The molecule has 1 atom stereocenters. The third kappa shape index (κ3) is 4.78. The summed E-state index contributed by atoms with van der Waals surface area (Å²) in [6.07, 6.45) is 0. The zero-order valence-corrected chi connectivity index (χ0v) is 12.3. The van der Waals surface area contributed by atoms with Gasteiger partial charge in [-0.3, -0.25) is 14.9 Å². The SMILES string of the molecule is CCOCC(NC(=O)c1ccc([N+](=O)[O-])c(F)c1)C(C)C. The molecular weight excluding hydrogens is 279 g/mol. The Bertz CT molecular complexity index is 520. The predicted molar refractivity (Wildman–Crippen MR) is 75.6 cm³/mol. The van der Waals surface area contributed by atoms with Crippen LogP contribution in [0.5, 0.6) is 0 Å². The van der Waals surface area contributed by atoms with Crippen molar-refractivity contribution in [3.63, 3.8) is 0 Å². The summed E-state index contributed by atoms with van der Waals surface area (Å²) in [7, 11) is 0. The van der Waals surface area contributed by atoms with Gasteiger partial charge in [-0.2, -0.15) is 4.39 Å². The molecule has 0 radical (unpaired) electrons. The molecule has 116 valence electrons. The number of rotatable bonds is 7. The maximum absolute atomic E-state index is 13.5. The number of hydrogen-bond acceptors (Lipinski definition) is 4. The standard InChI is InChI=1S/C14H19FN2O4/c1-4-21-8-12(9(2)3)16-14(18)10-5-6-13(17(19)20)11(15)7-10/h5-7,9,12H,4,8H2,1-3H3,(H,16,18). The van der Waals surface area contributed by atoms with E-state index in [1.54, 1.807) is 0 Å². The average molecular weight is 298 g/mol. The second kappa shape index (κ2) is 7.68. The van der Waals surface area contributed by atoms with Crippen LogP contribution in [0.3, 0.4) is 0 Å². The van der Waals surface area contributed by atoms with Gasteiger partial charge in [-0.1, -0.05) is 13.8 Å². The van der Waals surface area contributed by atoms with Crippen LogP contribution in [0.25, 0.3) is 0 Å². The molecule has 0 saturated carbocycles. The molecule has 1 aromatic carbocycles. The van der Waals surface area contributed by atoms with Crippen LogP contribution in [0.15, 0.2) is 18.2 Å². The molecule has 7 heteroatoms. The van der Waals surface area contributed by atoms with Crippen LogP contribution < -0.4 is 5.32 Å². The van der Waals surface area contributed by atoms with Gasteiger partial charge in [-0.25, -0.2) is 0 Å². The quantitative estimate of drug-likeness (QED) is 0.619. The van der Waals surface area contributed by atoms with Gasteiger partial charge < -0.3 is 10.1 Å². The normalized spacial score (nSPS) is 12.2. The van der Waals surface area contributed by atoms with Crippen molar-refractivity contribution in [2.75, 3.05) is 13.2 Å². The van der Waals surface area contributed by atoms with E-state index in [1.807, 2.05) is 20.8 Å². The molecule has 1 unspecified atom stereocenters. The Morgan fingerprint density at radius 3 is 2.62 bits per heavy atom. The van der Waals surface area contributed by atoms with Crippen molar-refractivity contribution in [1.29, 1.82) is 0 Å². The molecule has 1 aromatic rings. The zero-order chi connectivity index (χ0) is 16.0. The number of nitro groups is 1. The van der Waals surface area contributed by atoms with Gasteiger partial charge in [0.1, 0.15) is 0 Å². The molecular formula is C14H19FN2O4. The first-order valence-corrected chi connectivity index (χ1v) is 6.69. The van der Waals surface area contributed by atoms with Crippen LogP contribution >= 0.6 is 0 Å². The number of benzene rings is 1. The molecule has 0 aliphatic carbocycles. The Labute approximate surface area is 122 Å². The third-order valence-electron chi connectivity index (χ3n) is 3.03. The first-order valence-electron chi connectivity index (χ1n) is 6.69. The van der Waals surface area contributed by atoms with Crippen LogP contribution in [0.2, 0.25) is 0 Å². The van der Waals surface area contributed by atoms with E-state index in [-0.39, 0.29) is 17.5 Å². The Morgan fingerprint density at radius 1 is 1.48 bits per heavy atom. The fourth-order valence-corrected chi connectivity index (χ4v) is 1.69. The Kier molecular flexibility index (Phi) is 6.23. The van der Waals surface area contributed by atoms with E-state index in [4.69, 9.17) is 4.74 Å². The summed E-state index contributed by atoms with van der Waals surface area (Å²) in [5.74, 6) is -1.37. The summed E-state index contributed by atoms with van der Waals surface area (Å²) >= 11 is 0. The topological polar surface area (TPSA) is 81.5 Å². The van der Waals surface area contributed by atoms with Gasteiger partial charge in [0.15, 0.2) is 0 Å². The van der Waals surface area contributed by atoms with Crippen molar-refractivity contribution < 1.29 is 18.8 Å². The number of nitro benzene ring substituents is 1. The van der Waals surface area contributed by atoms with E-state index in [1.165, 1.54) is 6.07 Å². The summed E-state index contributed by atoms with van der Waals surface area (Å²) in [6, 6.07) is 2.87. The second-order valence-corrected chi connectivity index (χ2v) is 4.91. The van der Waals surface area contributed by atoms with Crippen LogP contribution in [0.1, 0.15) is 31.1 Å². The molecule has 0 spiro atoms. The second-order valence-electron chi connectivity index (χ2n) is 4.91. The molecule has 0 saturated heterocycles. The van der Waals surface area contributed by atoms with Crippen LogP contribution in [0.4, 0.5) is 10.1 Å². The Morgan fingerprint density at radius 2 is 2.14 bits per heavy atom. The third-order valence-corrected chi connectivity index (χ3v) is 3.03. The number of nitrogens with one attached hydrogen (secondary N) is 1. The van der Waals surface area contributed by atoms with Crippen LogP contribution in [-0.4, -0.2) is 30.1 Å². The smallest absolute Gasteiger partial charge is 0.304 e. The molecule has 0 aliphatic heterocycles. The summed E-state index contributed by atoms with van der Waals surface area (Å²) < 4.78 is 18.8. The highest BCUT2D eigenvalue weighted by atomic mass is 19.1. The van der Waals surface area contributed by atoms with Crippen molar-refractivity contribution in [2.24, 2.45) is 5.92 Å². The lowest BCUT2D eigenvalue weighted by Crippen LogP contribution is -2.41. The van der Waals surface area contributed by atoms with E-state index in [9.17, 15) is 19.3 Å². The maximum Gasteiger partial charge on any atom is 0.304 e. The van der Waals surface area contributed by atoms with Crippen molar-refractivity contribution in [2.45, 2.75) is 26.8 Å². The van der Waals surface area contributed by atoms with Gasteiger partial charge in [-0.05, 0) is 25.0 Å². The summed E-state index contributed by atoms with van der Waals surface area (Å²) in [4.78, 5) is 21.8. The molecule has 0 bridgehead atoms. The van der Waals surface area contributed by atoms with E-state index < -0.39 is 22.3 Å². The average Bonchev–Trinajstić information content (AvgIpc) is 2.42. The minimum absolute atomic E-state index is 0.0419. The van der Waals surface area contributed by atoms with Crippen LogP contribution in [0, 0.1) is 21.8 Å². The number of ether oxygens (including phenoxy) is 1. The van der Waals surface area contributed by atoms with Crippen LogP contribution in [-0.2, 0) is 4.74 Å². The highest BCUT2D eigenvalue weighted by Gasteiger charge is 2.20. The zero-order valence-electron chi connectivity index (χ0n) is 12.3. The molecule has 6 nitrogen and oxygen atoms in total. The number of carbonyl (C=O) groups excluding carboxylic acids is 1. The summed E-state index contributed by atoms with van der Waals surface area (Å²) in [5, 5.41) is 13.3. The molecule has 0 fully saturated rings. The fraction of sp³-hybridized carbons (Fsp3) is 0.500. The largest absolute Gasteiger partial charge is 0.380 e. The number of halogens is 1. The minimum Gasteiger partial charge on any atom is -0.380 e. The number of carbonyl (C=O) groups is 1. The molecule has 1 N–H and O–H groups in total. The Hall–Kier alpha value is -2.02. The van der Waals surface area contributed by atoms with Crippen molar-refractivity contribution in [3.05, 3.63) is 39.7 Å². The van der Waals surface area contributed by atoms with E-state index in [0.29, 0.717) is 13.2 Å². The molecule has 0 aromatic heterocycles. The molecule has 21 heavy (non-hydrogen) atoms. The fourth-order valence-electron chi connectivity index (χ4n) is 1.69. The van der Waals surface area contributed by atoms with Gasteiger partial charge in [-0.15, -0.1) is 0 Å². The van der Waals surface area contributed by atoms with Crippen molar-refractivity contribution in [3.8, 4) is 0 Å². The lowest BCUT2D eigenvalue weighted by molar-refractivity contribution is -0.387. The molecule has 1 rings (SSSR count). The van der Waals surface area contributed by atoms with Crippen molar-refractivity contribution in [1.82, 2.24) is 5.32 Å². The minimum atomic E-state index is -1.03.